The molecule has 0 radical (unpaired) electrons. The van der Waals surface area contributed by atoms with E-state index in [0.717, 1.165) is 15.2 Å². The number of ether oxygens (including phenoxy) is 1. The Labute approximate surface area is 106 Å². The Morgan fingerprint density at radius 1 is 1.25 bits per heavy atom. The Kier molecular flexibility index (Phi) is 3.17. The summed E-state index contributed by atoms with van der Waals surface area (Å²) in [5.74, 6) is -0.340. The molecule has 2 nitrogen and oxygen atoms in total. The average molecular weight is 300 g/mol. The normalized spacial score (nSPS) is 10.4. The van der Waals surface area contributed by atoms with Gasteiger partial charge in [0.1, 0.15) is 0 Å². The van der Waals surface area contributed by atoms with Crippen LogP contribution in [-0.4, -0.2) is 13.1 Å². The lowest BCUT2D eigenvalue weighted by molar-refractivity contribution is 0.0601. The van der Waals surface area contributed by atoms with Crippen molar-refractivity contribution < 1.29 is 9.53 Å². The van der Waals surface area contributed by atoms with E-state index in [4.69, 9.17) is 11.6 Å². The number of hydrogen-bond acceptors (Lipinski definition) is 2. The summed E-state index contributed by atoms with van der Waals surface area (Å²) in [6.07, 6.45) is 0. The molecule has 2 rings (SSSR count). The van der Waals surface area contributed by atoms with Gasteiger partial charge in [-0.25, -0.2) is 4.79 Å². The highest BCUT2D eigenvalue weighted by Crippen LogP contribution is 2.28. The van der Waals surface area contributed by atoms with Crippen LogP contribution in [0.15, 0.2) is 34.8 Å². The second-order valence-corrected chi connectivity index (χ2v) is 4.58. The highest BCUT2D eigenvalue weighted by atomic mass is 79.9. The molecule has 82 valence electrons. The third-order valence-electron chi connectivity index (χ3n) is 2.30. The molecule has 0 bridgehead atoms. The second-order valence-electron chi connectivity index (χ2n) is 3.32. The van der Waals surface area contributed by atoms with E-state index < -0.39 is 0 Å². The summed E-state index contributed by atoms with van der Waals surface area (Å²) in [5.41, 5.74) is 0.532. The van der Waals surface area contributed by atoms with Gasteiger partial charge in [0, 0.05) is 4.47 Å². The van der Waals surface area contributed by atoms with Gasteiger partial charge >= 0.3 is 5.97 Å². The predicted octanol–water partition coefficient (Wildman–Crippen LogP) is 4.04. The monoisotopic (exact) mass is 298 g/mol. The maximum atomic E-state index is 11.3. The summed E-state index contributed by atoms with van der Waals surface area (Å²) >= 11 is 9.33. The van der Waals surface area contributed by atoms with Gasteiger partial charge in [-0.1, -0.05) is 17.7 Å². The molecular weight excluding hydrogens is 291 g/mol. The lowest BCUT2D eigenvalue weighted by Gasteiger charge is -2.04. The molecule has 0 spiro atoms. The van der Waals surface area contributed by atoms with Crippen molar-refractivity contribution in [1.82, 2.24) is 0 Å². The topological polar surface area (TPSA) is 26.3 Å². The fourth-order valence-corrected chi connectivity index (χ4v) is 2.02. The van der Waals surface area contributed by atoms with Crippen molar-refractivity contribution in [3.8, 4) is 0 Å². The Morgan fingerprint density at radius 2 is 2.00 bits per heavy atom. The van der Waals surface area contributed by atoms with E-state index in [1.807, 2.05) is 18.2 Å². The number of hydrogen-bond donors (Lipinski definition) is 0. The Morgan fingerprint density at radius 3 is 2.69 bits per heavy atom. The van der Waals surface area contributed by atoms with Crippen molar-refractivity contribution in [3.63, 3.8) is 0 Å². The highest BCUT2D eigenvalue weighted by Gasteiger charge is 2.07. The first-order valence-electron chi connectivity index (χ1n) is 4.59. The van der Waals surface area contributed by atoms with Crippen LogP contribution in [0.4, 0.5) is 0 Å². The smallest absolute Gasteiger partial charge is 0.337 e. The lowest BCUT2D eigenvalue weighted by Crippen LogP contribution is -2.00. The molecule has 4 heteroatoms. The summed E-state index contributed by atoms with van der Waals surface area (Å²) in [6.45, 7) is 0. The van der Waals surface area contributed by atoms with Crippen LogP contribution in [0.1, 0.15) is 10.4 Å². The zero-order valence-corrected chi connectivity index (χ0v) is 10.8. The first-order valence-corrected chi connectivity index (χ1v) is 5.76. The van der Waals surface area contributed by atoms with Crippen LogP contribution in [0.25, 0.3) is 10.8 Å². The molecule has 0 aromatic heterocycles. The molecule has 0 atom stereocenters. The van der Waals surface area contributed by atoms with E-state index in [0.29, 0.717) is 10.6 Å². The van der Waals surface area contributed by atoms with Crippen LogP contribution in [0.3, 0.4) is 0 Å². The maximum Gasteiger partial charge on any atom is 0.337 e. The molecule has 0 aliphatic rings. The van der Waals surface area contributed by atoms with Gasteiger partial charge in [-0.3, -0.25) is 0 Å². The van der Waals surface area contributed by atoms with Gasteiger partial charge in [0.2, 0.25) is 0 Å². The number of carbonyl (C=O) groups is 1. The fourth-order valence-electron chi connectivity index (χ4n) is 1.49. The predicted molar refractivity (Wildman–Crippen MR) is 68.0 cm³/mol. The number of benzene rings is 2. The second kappa shape index (κ2) is 4.44. The molecule has 16 heavy (non-hydrogen) atoms. The zero-order chi connectivity index (χ0) is 11.7. The standard InChI is InChI=1S/C12H8BrClO2/c1-16-12(15)8-3-2-7-6-11(14)10(13)5-9(7)4-8/h2-6H,1H3. The molecular formula is C12H8BrClO2. The largest absolute Gasteiger partial charge is 0.465 e. The molecule has 0 amide bonds. The van der Waals surface area contributed by atoms with Gasteiger partial charge in [0.25, 0.3) is 0 Å². The first-order chi connectivity index (χ1) is 7.61. The summed E-state index contributed by atoms with van der Waals surface area (Å²) in [7, 11) is 1.37. The highest BCUT2D eigenvalue weighted by molar-refractivity contribution is 9.10. The van der Waals surface area contributed by atoms with Crippen LogP contribution >= 0.6 is 27.5 Å². The molecule has 0 fully saturated rings. The van der Waals surface area contributed by atoms with Crippen LogP contribution < -0.4 is 0 Å². The third kappa shape index (κ3) is 2.06. The van der Waals surface area contributed by atoms with E-state index in [2.05, 4.69) is 20.7 Å². The van der Waals surface area contributed by atoms with Gasteiger partial charge in [-0.15, -0.1) is 0 Å². The SMILES string of the molecule is COC(=O)c1ccc2cc(Cl)c(Br)cc2c1. The van der Waals surface area contributed by atoms with E-state index in [-0.39, 0.29) is 5.97 Å². The van der Waals surface area contributed by atoms with Gasteiger partial charge < -0.3 is 4.74 Å². The van der Waals surface area contributed by atoms with Crippen molar-refractivity contribution in [2.75, 3.05) is 7.11 Å². The van der Waals surface area contributed by atoms with Crippen LogP contribution in [0.5, 0.6) is 0 Å². The van der Waals surface area contributed by atoms with Crippen molar-refractivity contribution in [1.29, 1.82) is 0 Å². The van der Waals surface area contributed by atoms with Gasteiger partial charge in [-0.2, -0.15) is 0 Å². The number of esters is 1. The van der Waals surface area contributed by atoms with Crippen molar-refractivity contribution in [2.24, 2.45) is 0 Å². The quantitative estimate of drug-likeness (QED) is 0.743. The number of fused-ring (bicyclic) bond motifs is 1. The number of halogens is 2. The number of rotatable bonds is 1. The molecule has 0 N–H and O–H groups in total. The van der Waals surface area contributed by atoms with Crippen LogP contribution in [0.2, 0.25) is 5.02 Å². The van der Waals surface area contributed by atoms with E-state index in [9.17, 15) is 4.79 Å². The van der Waals surface area contributed by atoms with E-state index in [1.165, 1.54) is 7.11 Å². The number of methoxy groups -OCH3 is 1. The minimum atomic E-state index is -0.340. The van der Waals surface area contributed by atoms with Crippen molar-refractivity contribution in [2.45, 2.75) is 0 Å². The molecule has 0 aliphatic carbocycles. The summed E-state index contributed by atoms with van der Waals surface area (Å²) in [4.78, 5) is 11.3. The maximum absolute atomic E-state index is 11.3. The summed E-state index contributed by atoms with van der Waals surface area (Å²) < 4.78 is 5.47. The summed E-state index contributed by atoms with van der Waals surface area (Å²) in [6, 6.07) is 9.08. The minimum Gasteiger partial charge on any atom is -0.465 e. The Balaban J connectivity index is 2.62. The molecule has 0 aliphatic heterocycles. The van der Waals surface area contributed by atoms with Crippen LogP contribution in [0, 0.1) is 0 Å². The first kappa shape index (κ1) is 11.4. The van der Waals surface area contributed by atoms with Gasteiger partial charge in [0.05, 0.1) is 17.7 Å². The van der Waals surface area contributed by atoms with Crippen molar-refractivity contribution in [3.05, 3.63) is 45.4 Å². The van der Waals surface area contributed by atoms with Gasteiger partial charge in [0.15, 0.2) is 0 Å². The molecule has 2 aromatic carbocycles. The van der Waals surface area contributed by atoms with E-state index >= 15 is 0 Å². The fraction of sp³-hybridized carbons (Fsp3) is 0.0833. The van der Waals surface area contributed by atoms with Gasteiger partial charge in [-0.05, 0) is 51.0 Å². The molecule has 0 saturated heterocycles. The average Bonchev–Trinajstić information content (AvgIpc) is 2.29. The minimum absolute atomic E-state index is 0.340. The molecule has 0 unspecified atom stereocenters. The third-order valence-corrected chi connectivity index (χ3v) is 3.50. The molecule has 2 aromatic rings. The Bertz CT molecular complexity index is 566. The summed E-state index contributed by atoms with van der Waals surface area (Å²) in [5, 5.41) is 2.58. The Hall–Kier alpha value is -1.06. The zero-order valence-electron chi connectivity index (χ0n) is 8.46. The molecule has 0 heterocycles. The van der Waals surface area contributed by atoms with E-state index in [1.54, 1.807) is 12.1 Å². The van der Waals surface area contributed by atoms with Crippen LogP contribution in [-0.2, 0) is 4.74 Å². The van der Waals surface area contributed by atoms with Crippen molar-refractivity contribution >= 4 is 44.3 Å². The lowest BCUT2D eigenvalue weighted by atomic mass is 10.1. The molecule has 0 saturated carbocycles. The number of carbonyl (C=O) groups excluding carboxylic acids is 1.